The van der Waals surface area contributed by atoms with Crippen molar-refractivity contribution in [3.05, 3.63) is 62.6 Å². The Kier molecular flexibility index (Phi) is 6.18. The van der Waals surface area contributed by atoms with E-state index in [1.807, 2.05) is 0 Å². The van der Waals surface area contributed by atoms with Crippen molar-refractivity contribution in [1.82, 2.24) is 14.8 Å². The van der Waals surface area contributed by atoms with E-state index in [0.29, 0.717) is 32.3 Å². The van der Waals surface area contributed by atoms with Crippen molar-refractivity contribution in [3.63, 3.8) is 0 Å². The highest BCUT2D eigenvalue weighted by molar-refractivity contribution is 7.99. The Morgan fingerprint density at radius 3 is 2.57 bits per heavy atom. The van der Waals surface area contributed by atoms with Gasteiger partial charge in [-0.3, -0.25) is 14.9 Å². The fraction of sp³-hybridized carbons (Fsp3) is 0.118. The molecule has 8 nitrogen and oxygen atoms in total. The van der Waals surface area contributed by atoms with Crippen LogP contribution >= 0.6 is 35.0 Å². The van der Waals surface area contributed by atoms with E-state index in [1.54, 1.807) is 29.8 Å². The number of nitrogens with zero attached hydrogens (tertiary/aromatic N) is 4. The molecular weight excluding hydrogens is 425 g/mol. The van der Waals surface area contributed by atoms with Gasteiger partial charge in [0.15, 0.2) is 11.0 Å². The standard InChI is InChI=1S/C17H13Cl2N5O3S/c1-23-16(13-7-2-10(18)8-14(13)19)21-22-17(23)28-9-15(25)20-11-3-5-12(6-4-11)24(26)27/h2-8H,9H2,1H3,(H,20,25). The summed E-state index contributed by atoms with van der Waals surface area (Å²) in [6.45, 7) is 0. The number of benzene rings is 2. The van der Waals surface area contributed by atoms with Crippen molar-refractivity contribution in [2.45, 2.75) is 5.16 Å². The van der Waals surface area contributed by atoms with Gasteiger partial charge in [0, 0.05) is 35.5 Å². The Bertz CT molecular complexity index is 1040. The first-order chi connectivity index (χ1) is 13.3. The van der Waals surface area contributed by atoms with Gasteiger partial charge in [-0.15, -0.1) is 10.2 Å². The molecule has 2 aromatic carbocycles. The number of non-ortho nitro benzene ring substituents is 1. The Hall–Kier alpha value is -2.62. The molecule has 1 N–H and O–H groups in total. The summed E-state index contributed by atoms with van der Waals surface area (Å²) >= 11 is 13.3. The number of rotatable bonds is 6. The fourth-order valence-corrected chi connectivity index (χ4v) is 3.54. The topological polar surface area (TPSA) is 103 Å². The summed E-state index contributed by atoms with van der Waals surface area (Å²) in [5.41, 5.74) is 1.12. The Morgan fingerprint density at radius 2 is 1.93 bits per heavy atom. The molecule has 0 unspecified atom stereocenters. The molecule has 0 spiro atoms. The van der Waals surface area contributed by atoms with Crippen LogP contribution in [0.2, 0.25) is 10.0 Å². The second-order valence-corrected chi connectivity index (χ2v) is 7.42. The lowest BCUT2D eigenvalue weighted by Crippen LogP contribution is -2.14. The lowest BCUT2D eigenvalue weighted by molar-refractivity contribution is -0.384. The smallest absolute Gasteiger partial charge is 0.269 e. The van der Waals surface area contributed by atoms with E-state index in [1.165, 1.54) is 36.0 Å². The molecule has 28 heavy (non-hydrogen) atoms. The van der Waals surface area contributed by atoms with Crippen LogP contribution in [0.15, 0.2) is 47.6 Å². The third-order valence-electron chi connectivity index (χ3n) is 3.70. The molecule has 1 amide bonds. The number of carbonyl (C=O) groups excluding carboxylic acids is 1. The zero-order chi connectivity index (χ0) is 20.3. The normalized spacial score (nSPS) is 10.7. The largest absolute Gasteiger partial charge is 0.325 e. The lowest BCUT2D eigenvalue weighted by atomic mass is 10.2. The number of nitrogens with one attached hydrogen (secondary N) is 1. The molecule has 11 heteroatoms. The first-order valence-electron chi connectivity index (χ1n) is 7.87. The first-order valence-corrected chi connectivity index (χ1v) is 9.61. The second-order valence-electron chi connectivity index (χ2n) is 5.63. The van der Waals surface area contributed by atoms with Gasteiger partial charge in [-0.05, 0) is 30.3 Å². The number of hydrogen-bond acceptors (Lipinski definition) is 6. The fourth-order valence-electron chi connectivity index (χ4n) is 2.34. The summed E-state index contributed by atoms with van der Waals surface area (Å²) in [6.07, 6.45) is 0. The lowest BCUT2D eigenvalue weighted by Gasteiger charge is -2.06. The molecule has 0 fully saturated rings. The minimum Gasteiger partial charge on any atom is -0.325 e. The predicted octanol–water partition coefficient (Wildman–Crippen LogP) is 4.43. The molecule has 0 aliphatic carbocycles. The Morgan fingerprint density at radius 1 is 1.21 bits per heavy atom. The van der Waals surface area contributed by atoms with E-state index in [-0.39, 0.29) is 17.3 Å². The first kappa shape index (κ1) is 20.1. The van der Waals surface area contributed by atoms with Crippen LogP contribution in [0.4, 0.5) is 11.4 Å². The van der Waals surface area contributed by atoms with Crippen LogP contribution in [-0.2, 0) is 11.8 Å². The van der Waals surface area contributed by atoms with Crippen LogP contribution in [0.5, 0.6) is 0 Å². The van der Waals surface area contributed by atoms with E-state index >= 15 is 0 Å². The highest BCUT2D eigenvalue weighted by Gasteiger charge is 2.15. The van der Waals surface area contributed by atoms with E-state index in [9.17, 15) is 14.9 Å². The number of aromatic nitrogens is 3. The third-order valence-corrected chi connectivity index (χ3v) is 5.27. The second kappa shape index (κ2) is 8.59. The molecule has 3 aromatic rings. The summed E-state index contributed by atoms with van der Waals surface area (Å²) in [5.74, 6) is 0.380. The highest BCUT2D eigenvalue weighted by Crippen LogP contribution is 2.30. The van der Waals surface area contributed by atoms with Crippen LogP contribution < -0.4 is 5.32 Å². The number of nitro groups is 1. The minimum absolute atomic E-state index is 0.0418. The number of halogens is 2. The molecule has 0 radical (unpaired) electrons. The number of carbonyl (C=O) groups is 1. The summed E-state index contributed by atoms with van der Waals surface area (Å²) < 4.78 is 1.74. The van der Waals surface area contributed by atoms with Crippen molar-refractivity contribution >= 4 is 52.2 Å². The molecule has 144 valence electrons. The molecule has 3 rings (SSSR count). The van der Waals surface area contributed by atoms with Gasteiger partial charge in [0.2, 0.25) is 5.91 Å². The number of amides is 1. The maximum absolute atomic E-state index is 12.1. The molecule has 1 aromatic heterocycles. The van der Waals surface area contributed by atoms with Gasteiger partial charge in [-0.2, -0.15) is 0 Å². The monoisotopic (exact) mass is 437 g/mol. The average molecular weight is 438 g/mol. The molecule has 0 aliphatic heterocycles. The average Bonchev–Trinajstić information content (AvgIpc) is 3.01. The quantitative estimate of drug-likeness (QED) is 0.347. The zero-order valence-corrected chi connectivity index (χ0v) is 16.8. The van der Waals surface area contributed by atoms with Gasteiger partial charge in [0.05, 0.1) is 15.7 Å². The van der Waals surface area contributed by atoms with Crippen molar-refractivity contribution in [1.29, 1.82) is 0 Å². The van der Waals surface area contributed by atoms with Crippen molar-refractivity contribution in [2.24, 2.45) is 7.05 Å². The maximum atomic E-state index is 12.1. The Balaban J connectivity index is 1.64. The van der Waals surface area contributed by atoms with Crippen molar-refractivity contribution in [3.8, 4) is 11.4 Å². The van der Waals surface area contributed by atoms with Gasteiger partial charge >= 0.3 is 0 Å². The molecule has 1 heterocycles. The third kappa shape index (κ3) is 4.61. The molecule has 0 saturated carbocycles. The maximum Gasteiger partial charge on any atom is 0.269 e. The van der Waals surface area contributed by atoms with Crippen LogP contribution in [-0.4, -0.2) is 31.3 Å². The SMILES string of the molecule is Cn1c(SCC(=O)Nc2ccc([N+](=O)[O-])cc2)nnc1-c1ccc(Cl)cc1Cl. The highest BCUT2D eigenvalue weighted by atomic mass is 35.5. The van der Waals surface area contributed by atoms with Gasteiger partial charge in [0.25, 0.3) is 5.69 Å². The molecule has 0 bridgehead atoms. The van der Waals surface area contributed by atoms with E-state index < -0.39 is 4.92 Å². The predicted molar refractivity (Wildman–Crippen MR) is 109 cm³/mol. The van der Waals surface area contributed by atoms with Crippen molar-refractivity contribution < 1.29 is 9.72 Å². The molecular formula is C17H13Cl2N5O3S. The summed E-state index contributed by atoms with van der Waals surface area (Å²) in [4.78, 5) is 22.3. The summed E-state index contributed by atoms with van der Waals surface area (Å²) in [7, 11) is 1.77. The van der Waals surface area contributed by atoms with Crippen LogP contribution in [0.25, 0.3) is 11.4 Å². The molecule has 0 aliphatic rings. The summed E-state index contributed by atoms with van der Waals surface area (Å²) in [6, 6.07) is 10.7. The number of nitro benzene ring substituents is 1. The summed E-state index contributed by atoms with van der Waals surface area (Å²) in [5, 5.41) is 23.1. The van der Waals surface area contributed by atoms with E-state index in [0.717, 1.165) is 0 Å². The number of anilines is 1. The van der Waals surface area contributed by atoms with E-state index in [4.69, 9.17) is 23.2 Å². The van der Waals surface area contributed by atoms with Crippen LogP contribution in [0.3, 0.4) is 0 Å². The van der Waals surface area contributed by atoms with Crippen molar-refractivity contribution in [2.75, 3.05) is 11.1 Å². The van der Waals surface area contributed by atoms with Crippen LogP contribution in [0, 0.1) is 10.1 Å². The van der Waals surface area contributed by atoms with Crippen LogP contribution in [0.1, 0.15) is 0 Å². The number of hydrogen-bond donors (Lipinski definition) is 1. The number of thioether (sulfide) groups is 1. The van der Waals surface area contributed by atoms with Gasteiger partial charge in [-0.25, -0.2) is 0 Å². The van der Waals surface area contributed by atoms with Gasteiger partial charge < -0.3 is 9.88 Å². The van der Waals surface area contributed by atoms with Gasteiger partial charge in [0.1, 0.15) is 0 Å². The molecule has 0 saturated heterocycles. The Labute approximate surface area is 174 Å². The van der Waals surface area contributed by atoms with E-state index in [2.05, 4.69) is 15.5 Å². The molecule has 0 atom stereocenters. The minimum atomic E-state index is -0.500. The zero-order valence-electron chi connectivity index (χ0n) is 14.4. The van der Waals surface area contributed by atoms with Gasteiger partial charge in [-0.1, -0.05) is 35.0 Å².